The number of aryl methyl sites for hydroxylation is 1. The standard InChI is InChI=1S/C16H26N2O3S/c1-12-5-6-16(21-3)15(9-12)13(2)17-10-14-7-8-18(11-14)22(4,19)20/h5-6,9,13-14,17H,7-8,10-11H2,1-4H3/t13-,14-/m1/s1. The maximum absolute atomic E-state index is 11.5. The number of hydrogen-bond donors (Lipinski definition) is 1. The van der Waals surface area contributed by atoms with Gasteiger partial charge in [0, 0.05) is 24.7 Å². The van der Waals surface area contributed by atoms with Crippen LogP contribution in [0, 0.1) is 12.8 Å². The zero-order valence-electron chi connectivity index (χ0n) is 13.8. The highest BCUT2D eigenvalue weighted by molar-refractivity contribution is 7.88. The summed E-state index contributed by atoms with van der Waals surface area (Å²) < 4.78 is 30.1. The SMILES string of the molecule is COc1ccc(C)cc1[C@@H](C)NC[C@H]1CCN(S(C)(=O)=O)C1. The van der Waals surface area contributed by atoms with Gasteiger partial charge < -0.3 is 10.1 Å². The molecule has 1 aliphatic heterocycles. The van der Waals surface area contributed by atoms with Gasteiger partial charge in [-0.05, 0) is 38.8 Å². The number of nitrogens with zero attached hydrogens (tertiary/aromatic N) is 1. The largest absolute Gasteiger partial charge is 0.496 e. The van der Waals surface area contributed by atoms with E-state index < -0.39 is 10.0 Å². The molecule has 1 saturated heterocycles. The van der Waals surface area contributed by atoms with Gasteiger partial charge in [0.15, 0.2) is 0 Å². The molecule has 1 heterocycles. The van der Waals surface area contributed by atoms with E-state index in [1.807, 2.05) is 12.1 Å². The van der Waals surface area contributed by atoms with E-state index in [9.17, 15) is 8.42 Å². The van der Waals surface area contributed by atoms with Crippen molar-refractivity contribution in [1.82, 2.24) is 9.62 Å². The van der Waals surface area contributed by atoms with E-state index in [1.165, 1.54) is 11.8 Å². The van der Waals surface area contributed by atoms with Gasteiger partial charge in [0.2, 0.25) is 10.0 Å². The first-order valence-corrected chi connectivity index (χ1v) is 9.49. The summed E-state index contributed by atoms with van der Waals surface area (Å²) in [5.74, 6) is 1.25. The summed E-state index contributed by atoms with van der Waals surface area (Å²) in [4.78, 5) is 0. The fraction of sp³-hybridized carbons (Fsp3) is 0.625. The molecular weight excluding hydrogens is 300 g/mol. The molecule has 2 rings (SSSR count). The van der Waals surface area contributed by atoms with Crippen LogP contribution in [-0.4, -0.2) is 45.7 Å². The lowest BCUT2D eigenvalue weighted by atomic mass is 10.0. The highest BCUT2D eigenvalue weighted by Crippen LogP contribution is 2.27. The molecule has 1 aromatic rings. The third-order valence-electron chi connectivity index (χ3n) is 4.28. The van der Waals surface area contributed by atoms with Crippen molar-refractivity contribution in [2.24, 2.45) is 5.92 Å². The minimum Gasteiger partial charge on any atom is -0.496 e. The van der Waals surface area contributed by atoms with Crippen molar-refractivity contribution < 1.29 is 13.2 Å². The van der Waals surface area contributed by atoms with Gasteiger partial charge in [0.05, 0.1) is 13.4 Å². The minimum atomic E-state index is -3.06. The first-order valence-electron chi connectivity index (χ1n) is 7.64. The Morgan fingerprint density at radius 1 is 1.45 bits per heavy atom. The van der Waals surface area contributed by atoms with Crippen LogP contribution in [0.4, 0.5) is 0 Å². The lowest BCUT2D eigenvalue weighted by molar-refractivity contribution is 0.394. The molecule has 0 amide bonds. The number of methoxy groups -OCH3 is 1. The van der Waals surface area contributed by atoms with E-state index in [0.717, 1.165) is 24.3 Å². The number of benzene rings is 1. The molecule has 1 fully saturated rings. The lowest BCUT2D eigenvalue weighted by Crippen LogP contribution is -2.31. The molecule has 0 unspecified atom stereocenters. The molecule has 6 heteroatoms. The monoisotopic (exact) mass is 326 g/mol. The molecule has 1 aromatic carbocycles. The van der Waals surface area contributed by atoms with Crippen LogP contribution in [0.25, 0.3) is 0 Å². The van der Waals surface area contributed by atoms with Crippen LogP contribution in [0.2, 0.25) is 0 Å². The highest BCUT2D eigenvalue weighted by atomic mass is 32.2. The zero-order chi connectivity index (χ0) is 16.3. The summed E-state index contributed by atoms with van der Waals surface area (Å²) >= 11 is 0. The average Bonchev–Trinajstić information content (AvgIpc) is 2.93. The van der Waals surface area contributed by atoms with Crippen LogP contribution >= 0.6 is 0 Å². The van der Waals surface area contributed by atoms with Crippen LogP contribution in [0.15, 0.2) is 18.2 Å². The van der Waals surface area contributed by atoms with Crippen molar-refractivity contribution in [3.63, 3.8) is 0 Å². The second-order valence-electron chi connectivity index (χ2n) is 6.15. The molecule has 0 saturated carbocycles. The number of nitrogens with one attached hydrogen (secondary N) is 1. The summed E-state index contributed by atoms with van der Waals surface area (Å²) in [7, 11) is -1.37. The van der Waals surface area contributed by atoms with Crippen molar-refractivity contribution >= 4 is 10.0 Å². The Kier molecular flexibility index (Phi) is 5.47. The Labute approximate surface area is 133 Å². The highest BCUT2D eigenvalue weighted by Gasteiger charge is 2.28. The third-order valence-corrected chi connectivity index (χ3v) is 5.55. The molecule has 0 aliphatic carbocycles. The van der Waals surface area contributed by atoms with Crippen LogP contribution in [-0.2, 0) is 10.0 Å². The smallest absolute Gasteiger partial charge is 0.211 e. The summed E-state index contributed by atoms with van der Waals surface area (Å²) in [6.45, 7) is 6.23. The fourth-order valence-electron chi connectivity index (χ4n) is 2.91. The number of sulfonamides is 1. The molecule has 0 radical (unpaired) electrons. The van der Waals surface area contributed by atoms with Crippen molar-refractivity contribution in [2.75, 3.05) is 33.0 Å². The van der Waals surface area contributed by atoms with Gasteiger partial charge in [-0.25, -0.2) is 12.7 Å². The van der Waals surface area contributed by atoms with Gasteiger partial charge >= 0.3 is 0 Å². The molecule has 5 nitrogen and oxygen atoms in total. The van der Waals surface area contributed by atoms with E-state index in [0.29, 0.717) is 19.0 Å². The normalized spacial score (nSPS) is 21.0. The molecule has 0 aromatic heterocycles. The van der Waals surface area contributed by atoms with Crippen molar-refractivity contribution in [3.05, 3.63) is 29.3 Å². The van der Waals surface area contributed by atoms with Crippen molar-refractivity contribution in [3.8, 4) is 5.75 Å². The molecule has 0 spiro atoms. The molecule has 2 atom stereocenters. The van der Waals surface area contributed by atoms with Crippen molar-refractivity contribution in [2.45, 2.75) is 26.3 Å². The second kappa shape index (κ2) is 6.98. The second-order valence-corrected chi connectivity index (χ2v) is 8.13. The molecule has 0 bridgehead atoms. The minimum absolute atomic E-state index is 0.169. The van der Waals surface area contributed by atoms with Crippen molar-refractivity contribution in [1.29, 1.82) is 0 Å². The van der Waals surface area contributed by atoms with Crippen LogP contribution in [0.1, 0.15) is 30.5 Å². The molecular formula is C16H26N2O3S. The Hall–Kier alpha value is -1.11. The quantitative estimate of drug-likeness (QED) is 0.868. The predicted molar refractivity (Wildman–Crippen MR) is 88.7 cm³/mol. The van der Waals surface area contributed by atoms with E-state index >= 15 is 0 Å². The summed E-state index contributed by atoms with van der Waals surface area (Å²) in [5.41, 5.74) is 2.34. The first-order chi connectivity index (χ1) is 10.3. The topological polar surface area (TPSA) is 58.6 Å². The van der Waals surface area contributed by atoms with Gasteiger partial charge in [0.1, 0.15) is 5.75 Å². The fourth-order valence-corrected chi connectivity index (χ4v) is 3.83. The maximum atomic E-state index is 11.5. The van der Waals surface area contributed by atoms with Gasteiger partial charge in [-0.1, -0.05) is 17.7 Å². The predicted octanol–water partition coefficient (Wildman–Crippen LogP) is 1.94. The van der Waals surface area contributed by atoms with E-state index in [4.69, 9.17) is 4.74 Å². The number of rotatable bonds is 6. The van der Waals surface area contributed by atoms with Gasteiger partial charge in [-0.2, -0.15) is 0 Å². The summed E-state index contributed by atoms with van der Waals surface area (Å²) in [6, 6.07) is 6.33. The molecule has 124 valence electrons. The number of ether oxygens (including phenoxy) is 1. The summed E-state index contributed by atoms with van der Waals surface area (Å²) in [6.07, 6.45) is 2.20. The molecule has 22 heavy (non-hydrogen) atoms. The Morgan fingerprint density at radius 2 is 2.18 bits per heavy atom. The van der Waals surface area contributed by atoms with Crippen LogP contribution in [0.5, 0.6) is 5.75 Å². The van der Waals surface area contributed by atoms with Crippen LogP contribution in [0.3, 0.4) is 0 Å². The Bertz CT molecular complexity index is 616. The van der Waals surface area contributed by atoms with E-state index in [-0.39, 0.29) is 6.04 Å². The van der Waals surface area contributed by atoms with Gasteiger partial charge in [-0.3, -0.25) is 0 Å². The van der Waals surface area contributed by atoms with Gasteiger partial charge in [0.25, 0.3) is 0 Å². The zero-order valence-corrected chi connectivity index (χ0v) is 14.6. The summed E-state index contributed by atoms with van der Waals surface area (Å²) in [5, 5.41) is 3.51. The molecule has 1 aliphatic rings. The molecule has 1 N–H and O–H groups in total. The maximum Gasteiger partial charge on any atom is 0.211 e. The Balaban J connectivity index is 1.94. The van der Waals surface area contributed by atoms with E-state index in [2.05, 4.69) is 25.2 Å². The first kappa shape index (κ1) is 17.2. The van der Waals surface area contributed by atoms with Gasteiger partial charge in [-0.15, -0.1) is 0 Å². The average molecular weight is 326 g/mol. The third kappa shape index (κ3) is 4.21. The lowest BCUT2D eigenvalue weighted by Gasteiger charge is -2.20. The van der Waals surface area contributed by atoms with Crippen LogP contribution < -0.4 is 10.1 Å². The number of hydrogen-bond acceptors (Lipinski definition) is 4. The Morgan fingerprint density at radius 3 is 2.77 bits per heavy atom. The van der Waals surface area contributed by atoms with E-state index in [1.54, 1.807) is 11.4 Å².